The van der Waals surface area contributed by atoms with Crippen LogP contribution < -0.4 is 9.13 Å². The zero-order valence-corrected chi connectivity index (χ0v) is 12.9. The second kappa shape index (κ2) is 6.43. The number of pyridine rings is 1. The average molecular weight is 313 g/mol. The van der Waals surface area contributed by atoms with Crippen LogP contribution in [0.1, 0.15) is 11.4 Å². The Labute approximate surface area is 133 Å². The van der Waals surface area contributed by atoms with Gasteiger partial charge in [0.25, 0.3) is 0 Å². The normalized spacial score (nSPS) is 10.8. The van der Waals surface area contributed by atoms with Crippen LogP contribution in [0.5, 0.6) is 0 Å². The summed E-state index contributed by atoms with van der Waals surface area (Å²) in [5.74, 6) is -0.854. The summed E-state index contributed by atoms with van der Waals surface area (Å²) < 4.78 is 7.62. The third-order valence-electron chi connectivity index (χ3n) is 3.44. The van der Waals surface area contributed by atoms with E-state index in [1.54, 1.807) is 17.1 Å². The fourth-order valence-corrected chi connectivity index (χ4v) is 2.46. The molecule has 0 spiro atoms. The standard InChI is InChI=1S/C16H18N5O2/c1-18-5-6-19(12-18)9-14-3-2-4-15(17-14)10-20-7-8-21(13-20)11-16(22)23/h2-8,12-13H,9-11H2,1H3/q+1/p+1. The predicted octanol–water partition coefficient (Wildman–Crippen LogP) is -0.0222. The first-order chi connectivity index (χ1) is 11.1. The molecule has 0 unspecified atom stereocenters. The Morgan fingerprint density at radius 3 is 2.70 bits per heavy atom. The van der Waals surface area contributed by atoms with E-state index in [1.165, 1.54) is 0 Å². The van der Waals surface area contributed by atoms with E-state index in [-0.39, 0.29) is 6.54 Å². The molecule has 0 aliphatic heterocycles. The van der Waals surface area contributed by atoms with Crippen LogP contribution in [0.15, 0.2) is 55.6 Å². The van der Waals surface area contributed by atoms with Crippen molar-refractivity contribution in [3.63, 3.8) is 0 Å². The van der Waals surface area contributed by atoms with E-state index in [0.29, 0.717) is 6.54 Å². The van der Waals surface area contributed by atoms with Crippen molar-refractivity contribution in [2.45, 2.75) is 19.6 Å². The van der Waals surface area contributed by atoms with Crippen molar-refractivity contribution < 1.29 is 19.0 Å². The number of aryl methyl sites for hydroxylation is 1. The van der Waals surface area contributed by atoms with Crippen LogP contribution in [-0.2, 0) is 31.5 Å². The zero-order chi connectivity index (χ0) is 16.2. The van der Waals surface area contributed by atoms with E-state index < -0.39 is 5.97 Å². The fourth-order valence-electron chi connectivity index (χ4n) is 2.46. The van der Waals surface area contributed by atoms with E-state index >= 15 is 0 Å². The lowest BCUT2D eigenvalue weighted by atomic mass is 10.3. The van der Waals surface area contributed by atoms with Gasteiger partial charge in [0.05, 0.1) is 18.4 Å². The highest BCUT2D eigenvalue weighted by Crippen LogP contribution is 2.02. The van der Waals surface area contributed by atoms with Crippen LogP contribution in [-0.4, -0.2) is 25.2 Å². The van der Waals surface area contributed by atoms with Crippen molar-refractivity contribution in [3.8, 4) is 0 Å². The maximum Gasteiger partial charge on any atom is 0.346 e. The molecule has 7 heteroatoms. The van der Waals surface area contributed by atoms with Gasteiger partial charge < -0.3 is 5.11 Å². The first-order valence-electron chi connectivity index (χ1n) is 7.31. The highest BCUT2D eigenvalue weighted by atomic mass is 16.4. The molecule has 0 saturated heterocycles. The quantitative estimate of drug-likeness (QED) is 0.650. The van der Waals surface area contributed by atoms with Crippen molar-refractivity contribution in [3.05, 3.63) is 67.0 Å². The molecule has 3 aromatic heterocycles. The van der Waals surface area contributed by atoms with Crippen molar-refractivity contribution >= 4 is 5.97 Å². The molecule has 0 amide bonds. The topological polar surface area (TPSA) is 67.8 Å². The highest BCUT2D eigenvalue weighted by molar-refractivity contribution is 5.66. The summed E-state index contributed by atoms with van der Waals surface area (Å²) in [6.07, 6.45) is 11.4. The Hall–Kier alpha value is -2.96. The monoisotopic (exact) mass is 313 g/mol. The summed E-state index contributed by atoms with van der Waals surface area (Å²) in [6.45, 7) is 1.30. The van der Waals surface area contributed by atoms with Gasteiger partial charge in [-0.2, -0.15) is 0 Å². The van der Waals surface area contributed by atoms with E-state index in [2.05, 4.69) is 9.55 Å². The van der Waals surface area contributed by atoms with Crippen molar-refractivity contribution in [2.24, 2.45) is 7.05 Å². The summed E-state index contributed by atoms with van der Waals surface area (Å²) in [5, 5.41) is 8.80. The van der Waals surface area contributed by atoms with Crippen LogP contribution in [0.2, 0.25) is 0 Å². The summed E-state index contributed by atoms with van der Waals surface area (Å²) in [6, 6.07) is 5.97. The van der Waals surface area contributed by atoms with Gasteiger partial charge in [-0.1, -0.05) is 6.07 Å². The fraction of sp³-hybridized carbons (Fsp3) is 0.250. The third-order valence-corrected chi connectivity index (χ3v) is 3.44. The number of carboxylic acid groups (broad SMARTS) is 1. The van der Waals surface area contributed by atoms with Gasteiger partial charge in [0.15, 0.2) is 6.54 Å². The molecule has 3 aromatic rings. The molecule has 0 fully saturated rings. The van der Waals surface area contributed by atoms with Crippen LogP contribution in [0.4, 0.5) is 0 Å². The molecular weight excluding hydrogens is 294 g/mol. The van der Waals surface area contributed by atoms with Gasteiger partial charge in [0.1, 0.15) is 37.9 Å². The summed E-state index contributed by atoms with van der Waals surface area (Å²) in [4.78, 5) is 15.4. The highest BCUT2D eigenvalue weighted by Gasteiger charge is 2.10. The molecular formula is C16H19N5O2+2. The lowest BCUT2D eigenvalue weighted by Gasteiger charge is -2.01. The number of nitrogens with zero attached hydrogens (tertiary/aromatic N) is 5. The maximum absolute atomic E-state index is 10.7. The lowest BCUT2D eigenvalue weighted by molar-refractivity contribution is -0.688. The molecule has 0 aromatic carbocycles. The maximum atomic E-state index is 10.7. The number of hydrogen-bond acceptors (Lipinski definition) is 2. The van der Waals surface area contributed by atoms with Crippen molar-refractivity contribution in [1.82, 2.24) is 14.1 Å². The van der Waals surface area contributed by atoms with E-state index in [4.69, 9.17) is 5.11 Å². The Balaban J connectivity index is 1.69. The Kier molecular flexibility index (Phi) is 4.18. The Morgan fingerprint density at radius 1 is 1.17 bits per heavy atom. The van der Waals surface area contributed by atoms with Gasteiger partial charge in [-0.15, -0.1) is 0 Å². The third kappa shape index (κ3) is 4.03. The van der Waals surface area contributed by atoms with Gasteiger partial charge >= 0.3 is 5.97 Å². The van der Waals surface area contributed by atoms with Crippen LogP contribution in [0, 0.1) is 0 Å². The Morgan fingerprint density at radius 2 is 1.96 bits per heavy atom. The minimum absolute atomic E-state index is 0.0366. The van der Waals surface area contributed by atoms with Gasteiger partial charge in [-0.05, 0) is 12.1 Å². The predicted molar refractivity (Wildman–Crippen MR) is 80.3 cm³/mol. The molecule has 0 atom stereocenters. The van der Waals surface area contributed by atoms with E-state index in [0.717, 1.165) is 17.9 Å². The van der Waals surface area contributed by atoms with Crippen molar-refractivity contribution in [2.75, 3.05) is 0 Å². The van der Waals surface area contributed by atoms with E-state index in [9.17, 15) is 4.79 Å². The number of rotatable bonds is 6. The number of aliphatic carboxylic acids is 1. The molecule has 7 nitrogen and oxygen atoms in total. The molecule has 3 rings (SSSR count). The number of imidazole rings is 2. The van der Waals surface area contributed by atoms with E-state index in [1.807, 2.05) is 59.3 Å². The number of carbonyl (C=O) groups is 1. The van der Waals surface area contributed by atoms with Crippen molar-refractivity contribution in [1.29, 1.82) is 0 Å². The molecule has 0 saturated carbocycles. The second-order valence-corrected chi connectivity index (χ2v) is 5.52. The zero-order valence-electron chi connectivity index (χ0n) is 12.9. The largest absolute Gasteiger partial charge is 0.478 e. The minimum Gasteiger partial charge on any atom is -0.478 e. The lowest BCUT2D eigenvalue weighted by Crippen LogP contribution is -2.32. The first kappa shape index (κ1) is 15.0. The molecule has 0 bridgehead atoms. The summed E-state index contributed by atoms with van der Waals surface area (Å²) in [7, 11) is 1.98. The Bertz CT molecular complexity index is 821. The van der Waals surface area contributed by atoms with Gasteiger partial charge in [-0.25, -0.2) is 28.0 Å². The molecule has 1 N–H and O–H groups in total. The minimum atomic E-state index is -0.854. The molecule has 23 heavy (non-hydrogen) atoms. The van der Waals surface area contributed by atoms with Crippen LogP contribution >= 0.6 is 0 Å². The second-order valence-electron chi connectivity index (χ2n) is 5.52. The molecule has 118 valence electrons. The number of carboxylic acids is 1. The first-order valence-corrected chi connectivity index (χ1v) is 7.31. The molecule has 0 radical (unpaired) electrons. The smallest absolute Gasteiger partial charge is 0.346 e. The summed E-state index contributed by atoms with van der Waals surface area (Å²) >= 11 is 0. The van der Waals surface area contributed by atoms with Gasteiger partial charge in [0.2, 0.25) is 12.7 Å². The summed E-state index contributed by atoms with van der Waals surface area (Å²) in [5.41, 5.74) is 1.93. The SMILES string of the molecule is C[n+]1ccn(Cc2cccc(C[n+]3ccn(CC(=O)O)c3)n2)c1. The van der Waals surface area contributed by atoms with Crippen LogP contribution in [0.3, 0.4) is 0 Å². The van der Waals surface area contributed by atoms with Gasteiger partial charge in [-0.3, -0.25) is 0 Å². The number of aromatic nitrogens is 5. The van der Waals surface area contributed by atoms with Crippen LogP contribution in [0.25, 0.3) is 0 Å². The average Bonchev–Trinajstić information content (AvgIpc) is 3.08. The number of hydrogen-bond donors (Lipinski definition) is 1. The molecule has 0 aliphatic carbocycles. The van der Waals surface area contributed by atoms with Gasteiger partial charge in [0, 0.05) is 0 Å². The molecule has 3 heterocycles. The molecule has 0 aliphatic rings.